The molecular formula is C14H12BrNO6S2. The zero-order valence-corrected chi connectivity index (χ0v) is 15.3. The number of rotatable bonds is 4. The maximum absolute atomic E-state index is 12.5. The van der Waals surface area contributed by atoms with Crippen molar-refractivity contribution in [1.29, 1.82) is 0 Å². The molecule has 7 nitrogen and oxygen atoms in total. The largest absolute Gasteiger partial charge is 0.490 e. The number of carboxylic acid groups (broad SMARTS) is 1. The van der Waals surface area contributed by atoms with Gasteiger partial charge in [-0.25, -0.2) is 13.2 Å². The fourth-order valence-electron chi connectivity index (χ4n) is 2.08. The second-order valence-electron chi connectivity index (χ2n) is 4.87. The summed E-state index contributed by atoms with van der Waals surface area (Å²) in [6, 6.07) is 5.84. The first-order valence-corrected chi connectivity index (χ1v) is 9.91. The molecule has 0 amide bonds. The van der Waals surface area contributed by atoms with Crippen molar-refractivity contribution in [2.24, 2.45) is 0 Å². The predicted molar refractivity (Wildman–Crippen MR) is 91.8 cm³/mol. The molecule has 0 saturated carbocycles. The highest BCUT2D eigenvalue weighted by Crippen LogP contribution is 2.35. The Balaban J connectivity index is 1.90. The van der Waals surface area contributed by atoms with Gasteiger partial charge in [-0.15, -0.1) is 11.3 Å². The molecule has 0 spiro atoms. The van der Waals surface area contributed by atoms with Crippen LogP contribution in [0.4, 0.5) is 5.69 Å². The predicted octanol–water partition coefficient (Wildman–Crippen LogP) is 3.17. The van der Waals surface area contributed by atoms with E-state index in [2.05, 4.69) is 20.7 Å². The molecule has 2 heterocycles. The van der Waals surface area contributed by atoms with E-state index in [0.717, 1.165) is 23.8 Å². The van der Waals surface area contributed by atoms with Crippen LogP contribution in [0.15, 0.2) is 32.9 Å². The van der Waals surface area contributed by atoms with Gasteiger partial charge in [-0.1, -0.05) is 0 Å². The van der Waals surface area contributed by atoms with Gasteiger partial charge in [0.05, 0.1) is 22.7 Å². The summed E-state index contributed by atoms with van der Waals surface area (Å²) in [5, 5.41) is 8.98. The van der Waals surface area contributed by atoms with Crippen molar-refractivity contribution in [3.05, 3.63) is 32.9 Å². The molecule has 1 aromatic heterocycles. The summed E-state index contributed by atoms with van der Waals surface area (Å²) in [5.74, 6) is -0.165. The van der Waals surface area contributed by atoms with Gasteiger partial charge in [0.1, 0.15) is 9.77 Å². The summed E-state index contributed by atoms with van der Waals surface area (Å²) < 4.78 is 38.6. The Hall–Kier alpha value is -1.78. The minimum Gasteiger partial charge on any atom is -0.490 e. The number of anilines is 1. The number of thiophene rings is 1. The maximum Gasteiger partial charge on any atom is 0.345 e. The topological polar surface area (TPSA) is 102 Å². The quantitative estimate of drug-likeness (QED) is 0.767. The maximum atomic E-state index is 12.5. The number of halogens is 1. The number of aromatic carboxylic acids is 1. The first kappa shape index (κ1) is 17.1. The van der Waals surface area contributed by atoms with Gasteiger partial charge in [-0.05, 0) is 34.1 Å². The SMILES string of the molecule is O=C(O)c1cc(S(=O)(=O)Nc2ccc3c(c2)OCCCO3)c(Br)s1. The Morgan fingerprint density at radius 1 is 1.21 bits per heavy atom. The number of sulfonamides is 1. The summed E-state index contributed by atoms with van der Waals surface area (Å²) >= 11 is 3.94. The fourth-order valence-corrected chi connectivity index (χ4v) is 5.53. The Kier molecular flexibility index (Phi) is 4.70. The molecule has 2 N–H and O–H groups in total. The standard InChI is InChI=1S/C14H12BrNO6S2/c15-13-12(7-11(23-13)14(17)18)24(19,20)16-8-2-3-9-10(6-8)22-5-1-4-21-9/h2-3,6-7,16H,1,4-5H2,(H,17,18). The number of carbonyl (C=O) groups is 1. The van der Waals surface area contributed by atoms with Crippen LogP contribution in [0.1, 0.15) is 16.1 Å². The third-order valence-corrected chi connectivity index (χ3v) is 6.78. The van der Waals surface area contributed by atoms with Crippen molar-refractivity contribution in [2.45, 2.75) is 11.3 Å². The second kappa shape index (κ2) is 6.61. The molecule has 24 heavy (non-hydrogen) atoms. The van der Waals surface area contributed by atoms with Gasteiger partial charge in [0.15, 0.2) is 11.5 Å². The lowest BCUT2D eigenvalue weighted by Crippen LogP contribution is -2.12. The average Bonchev–Trinajstić information content (AvgIpc) is 2.77. The van der Waals surface area contributed by atoms with Crippen LogP contribution in [0.5, 0.6) is 11.5 Å². The van der Waals surface area contributed by atoms with Crippen LogP contribution in [0.25, 0.3) is 0 Å². The molecule has 10 heteroatoms. The van der Waals surface area contributed by atoms with Crippen LogP contribution in [0, 0.1) is 0 Å². The summed E-state index contributed by atoms with van der Waals surface area (Å²) in [7, 11) is -3.94. The summed E-state index contributed by atoms with van der Waals surface area (Å²) in [4.78, 5) is 10.8. The third-order valence-electron chi connectivity index (χ3n) is 3.16. The zero-order valence-electron chi connectivity index (χ0n) is 12.1. The van der Waals surface area contributed by atoms with Gasteiger partial charge in [0, 0.05) is 12.5 Å². The number of nitrogens with one attached hydrogen (secondary N) is 1. The van der Waals surface area contributed by atoms with Crippen LogP contribution in [-0.4, -0.2) is 32.7 Å². The Morgan fingerprint density at radius 3 is 2.58 bits per heavy atom. The normalized spacial score (nSPS) is 14.0. The lowest BCUT2D eigenvalue weighted by atomic mass is 10.3. The smallest absolute Gasteiger partial charge is 0.345 e. The van der Waals surface area contributed by atoms with Crippen molar-refractivity contribution >= 4 is 48.9 Å². The Morgan fingerprint density at radius 2 is 1.92 bits per heavy atom. The van der Waals surface area contributed by atoms with Crippen molar-refractivity contribution in [3.8, 4) is 11.5 Å². The van der Waals surface area contributed by atoms with Crippen molar-refractivity contribution < 1.29 is 27.8 Å². The number of fused-ring (bicyclic) bond motifs is 1. The van der Waals surface area contributed by atoms with E-state index in [1.165, 1.54) is 6.07 Å². The lowest BCUT2D eigenvalue weighted by Gasteiger charge is -2.11. The number of ether oxygens (including phenoxy) is 2. The molecule has 2 aromatic rings. The Bertz CT molecular complexity index is 893. The highest BCUT2D eigenvalue weighted by atomic mass is 79.9. The van der Waals surface area contributed by atoms with E-state index in [-0.39, 0.29) is 13.6 Å². The number of benzene rings is 1. The molecule has 0 atom stereocenters. The molecule has 0 unspecified atom stereocenters. The van der Waals surface area contributed by atoms with Gasteiger partial charge in [0.2, 0.25) is 0 Å². The highest BCUT2D eigenvalue weighted by Gasteiger charge is 2.24. The van der Waals surface area contributed by atoms with E-state index in [0.29, 0.717) is 30.4 Å². The van der Waals surface area contributed by atoms with Gasteiger partial charge in [-0.2, -0.15) is 0 Å². The minimum absolute atomic E-state index is 0.0686. The molecular weight excluding hydrogens is 422 g/mol. The minimum atomic E-state index is -3.94. The van der Waals surface area contributed by atoms with Crippen molar-refractivity contribution in [2.75, 3.05) is 17.9 Å². The molecule has 1 aromatic carbocycles. The third kappa shape index (κ3) is 3.50. The number of hydrogen-bond donors (Lipinski definition) is 2. The van der Waals surface area contributed by atoms with Crippen molar-refractivity contribution in [1.82, 2.24) is 0 Å². The molecule has 0 radical (unpaired) electrons. The van der Waals surface area contributed by atoms with Crippen LogP contribution in [0.2, 0.25) is 0 Å². The molecule has 0 bridgehead atoms. The summed E-state index contributed by atoms with van der Waals surface area (Å²) in [6.45, 7) is 1.03. The fraction of sp³-hybridized carbons (Fsp3) is 0.214. The summed E-state index contributed by atoms with van der Waals surface area (Å²) in [6.07, 6.45) is 0.746. The van der Waals surface area contributed by atoms with Gasteiger partial charge >= 0.3 is 5.97 Å². The van der Waals surface area contributed by atoms with Gasteiger partial charge in [0.25, 0.3) is 10.0 Å². The van der Waals surface area contributed by atoms with Gasteiger partial charge in [-0.3, -0.25) is 4.72 Å². The van der Waals surface area contributed by atoms with E-state index in [9.17, 15) is 13.2 Å². The van der Waals surface area contributed by atoms with E-state index >= 15 is 0 Å². The first-order valence-electron chi connectivity index (χ1n) is 6.82. The lowest BCUT2D eigenvalue weighted by molar-refractivity contribution is 0.0702. The average molecular weight is 434 g/mol. The van der Waals surface area contributed by atoms with E-state index in [1.54, 1.807) is 12.1 Å². The second-order valence-corrected chi connectivity index (χ2v) is 8.89. The van der Waals surface area contributed by atoms with Crippen molar-refractivity contribution in [3.63, 3.8) is 0 Å². The molecule has 0 fully saturated rings. The highest BCUT2D eigenvalue weighted by molar-refractivity contribution is 9.11. The zero-order chi connectivity index (χ0) is 17.3. The number of hydrogen-bond acceptors (Lipinski definition) is 6. The monoisotopic (exact) mass is 433 g/mol. The Labute approximate surface area is 150 Å². The van der Waals surface area contributed by atoms with E-state index in [1.807, 2.05) is 0 Å². The molecule has 0 saturated heterocycles. The van der Waals surface area contributed by atoms with E-state index < -0.39 is 16.0 Å². The summed E-state index contributed by atoms with van der Waals surface area (Å²) in [5.41, 5.74) is 0.300. The van der Waals surface area contributed by atoms with Crippen LogP contribution in [0.3, 0.4) is 0 Å². The van der Waals surface area contributed by atoms with Crippen LogP contribution < -0.4 is 14.2 Å². The van der Waals surface area contributed by atoms with E-state index in [4.69, 9.17) is 14.6 Å². The van der Waals surface area contributed by atoms with Crippen LogP contribution >= 0.6 is 27.3 Å². The molecule has 128 valence electrons. The van der Waals surface area contributed by atoms with Crippen LogP contribution in [-0.2, 0) is 10.0 Å². The molecule has 3 rings (SSSR count). The van der Waals surface area contributed by atoms with Gasteiger partial charge < -0.3 is 14.6 Å². The first-order chi connectivity index (χ1) is 11.4. The molecule has 1 aliphatic heterocycles. The molecule has 0 aliphatic carbocycles. The number of carboxylic acids is 1. The molecule has 1 aliphatic rings.